The van der Waals surface area contributed by atoms with Gasteiger partial charge in [-0.15, -0.1) is 11.3 Å². The number of piperazine rings is 1. The standard InChI is InChI=1S/C16H18N4S/c1-18-7-9-19(10-8-18)14-2-4-15(5-3-14)20-16-13(12-17-20)6-11-21-16/h2-6,11-12H,7-10H2,1H3. The molecule has 0 unspecified atom stereocenters. The maximum Gasteiger partial charge on any atom is 0.127 e. The van der Waals surface area contributed by atoms with Crippen LogP contribution in [0.2, 0.25) is 0 Å². The topological polar surface area (TPSA) is 24.3 Å². The number of hydrogen-bond donors (Lipinski definition) is 0. The Balaban J connectivity index is 1.60. The van der Waals surface area contributed by atoms with Crippen LogP contribution in [0, 0.1) is 0 Å². The molecule has 0 saturated carbocycles. The molecule has 21 heavy (non-hydrogen) atoms. The van der Waals surface area contributed by atoms with Gasteiger partial charge in [0.05, 0.1) is 11.9 Å². The van der Waals surface area contributed by atoms with Gasteiger partial charge in [-0.25, -0.2) is 4.68 Å². The summed E-state index contributed by atoms with van der Waals surface area (Å²) >= 11 is 1.73. The highest BCUT2D eigenvalue weighted by molar-refractivity contribution is 7.16. The average Bonchev–Trinajstić information content (AvgIpc) is 3.11. The molecule has 108 valence electrons. The molecular formula is C16H18N4S. The SMILES string of the molecule is CN1CCN(c2ccc(-n3ncc4ccsc43)cc2)CC1. The lowest BCUT2D eigenvalue weighted by molar-refractivity contribution is 0.313. The number of anilines is 1. The highest BCUT2D eigenvalue weighted by atomic mass is 32.1. The molecule has 1 aliphatic heterocycles. The van der Waals surface area contributed by atoms with Crippen molar-refractivity contribution in [2.45, 2.75) is 0 Å². The summed E-state index contributed by atoms with van der Waals surface area (Å²) in [7, 11) is 2.18. The van der Waals surface area contributed by atoms with Crippen molar-refractivity contribution >= 4 is 27.2 Å². The van der Waals surface area contributed by atoms with Gasteiger partial charge in [-0.2, -0.15) is 5.10 Å². The maximum absolute atomic E-state index is 4.48. The van der Waals surface area contributed by atoms with E-state index in [4.69, 9.17) is 0 Å². The van der Waals surface area contributed by atoms with Gasteiger partial charge in [0, 0.05) is 37.3 Å². The first-order valence-corrected chi connectivity index (χ1v) is 8.14. The number of aromatic nitrogens is 2. The molecule has 0 spiro atoms. The van der Waals surface area contributed by atoms with Crippen molar-refractivity contribution in [2.75, 3.05) is 38.1 Å². The normalized spacial score (nSPS) is 16.7. The Labute approximate surface area is 128 Å². The summed E-state index contributed by atoms with van der Waals surface area (Å²) in [5.41, 5.74) is 2.44. The van der Waals surface area contributed by atoms with Gasteiger partial charge < -0.3 is 9.80 Å². The van der Waals surface area contributed by atoms with E-state index in [2.05, 4.69) is 57.7 Å². The predicted molar refractivity (Wildman–Crippen MR) is 88.7 cm³/mol. The van der Waals surface area contributed by atoms with Crippen molar-refractivity contribution in [3.8, 4) is 5.69 Å². The van der Waals surface area contributed by atoms with Crippen molar-refractivity contribution < 1.29 is 0 Å². The van der Waals surface area contributed by atoms with E-state index < -0.39 is 0 Å². The first kappa shape index (κ1) is 12.9. The summed E-state index contributed by atoms with van der Waals surface area (Å²) < 4.78 is 2.02. The Hall–Kier alpha value is -1.85. The quantitative estimate of drug-likeness (QED) is 0.727. The van der Waals surface area contributed by atoms with Crippen LogP contribution in [0.4, 0.5) is 5.69 Å². The van der Waals surface area contributed by atoms with Crippen LogP contribution in [-0.4, -0.2) is 47.9 Å². The molecule has 1 aromatic carbocycles. The molecule has 1 fully saturated rings. The third-order valence-corrected chi connectivity index (χ3v) is 5.05. The van der Waals surface area contributed by atoms with Crippen molar-refractivity contribution in [1.82, 2.24) is 14.7 Å². The lowest BCUT2D eigenvalue weighted by Crippen LogP contribution is -2.44. The lowest BCUT2D eigenvalue weighted by atomic mass is 10.2. The molecule has 0 bridgehead atoms. The first-order valence-electron chi connectivity index (χ1n) is 7.26. The van der Waals surface area contributed by atoms with Gasteiger partial charge in [-0.1, -0.05) is 0 Å². The van der Waals surface area contributed by atoms with E-state index in [9.17, 15) is 0 Å². The summed E-state index contributed by atoms with van der Waals surface area (Å²) in [6, 6.07) is 10.9. The van der Waals surface area contributed by atoms with Crippen LogP contribution in [0.25, 0.3) is 15.9 Å². The highest BCUT2D eigenvalue weighted by Crippen LogP contribution is 2.25. The van der Waals surface area contributed by atoms with Crippen LogP contribution in [-0.2, 0) is 0 Å². The lowest BCUT2D eigenvalue weighted by Gasteiger charge is -2.34. The summed E-state index contributed by atoms with van der Waals surface area (Å²) in [4.78, 5) is 6.04. The second-order valence-electron chi connectivity index (χ2n) is 5.54. The number of benzene rings is 1. The van der Waals surface area contributed by atoms with Gasteiger partial charge >= 0.3 is 0 Å². The summed E-state index contributed by atoms with van der Waals surface area (Å²) in [5, 5.41) is 7.81. The fourth-order valence-corrected chi connectivity index (χ4v) is 3.66. The summed E-state index contributed by atoms with van der Waals surface area (Å²) in [5.74, 6) is 0. The van der Waals surface area contributed by atoms with Gasteiger partial charge in [-0.05, 0) is 42.8 Å². The van der Waals surface area contributed by atoms with Crippen molar-refractivity contribution in [3.63, 3.8) is 0 Å². The van der Waals surface area contributed by atoms with Crippen molar-refractivity contribution in [3.05, 3.63) is 41.9 Å². The van der Waals surface area contributed by atoms with E-state index in [1.54, 1.807) is 11.3 Å². The number of likely N-dealkylation sites (N-methyl/N-ethyl adjacent to an activating group) is 1. The Morgan fingerprint density at radius 2 is 1.67 bits per heavy atom. The zero-order chi connectivity index (χ0) is 14.2. The number of fused-ring (bicyclic) bond motifs is 1. The molecule has 3 heterocycles. The third kappa shape index (κ3) is 2.32. The number of nitrogens with zero attached hydrogens (tertiary/aromatic N) is 4. The third-order valence-electron chi connectivity index (χ3n) is 4.14. The Morgan fingerprint density at radius 1 is 0.952 bits per heavy atom. The molecule has 0 amide bonds. The van der Waals surface area contributed by atoms with Crippen LogP contribution in [0.15, 0.2) is 41.9 Å². The monoisotopic (exact) mass is 298 g/mol. The van der Waals surface area contributed by atoms with Crippen LogP contribution >= 0.6 is 11.3 Å². The highest BCUT2D eigenvalue weighted by Gasteiger charge is 2.14. The van der Waals surface area contributed by atoms with E-state index in [0.29, 0.717) is 0 Å². The molecule has 4 nitrogen and oxygen atoms in total. The minimum Gasteiger partial charge on any atom is -0.369 e. The van der Waals surface area contributed by atoms with Gasteiger partial charge in [0.15, 0.2) is 0 Å². The second kappa shape index (κ2) is 5.16. The Morgan fingerprint density at radius 3 is 2.43 bits per heavy atom. The molecule has 0 atom stereocenters. The van der Waals surface area contributed by atoms with Gasteiger partial charge in [-0.3, -0.25) is 0 Å². The molecule has 1 saturated heterocycles. The fourth-order valence-electron chi connectivity index (χ4n) is 2.81. The molecular weight excluding hydrogens is 280 g/mol. The smallest absolute Gasteiger partial charge is 0.127 e. The van der Waals surface area contributed by atoms with Crippen molar-refractivity contribution in [1.29, 1.82) is 0 Å². The fraction of sp³-hybridized carbons (Fsp3) is 0.312. The van der Waals surface area contributed by atoms with Gasteiger partial charge in [0.2, 0.25) is 0 Å². The number of hydrogen-bond acceptors (Lipinski definition) is 4. The molecule has 0 N–H and O–H groups in total. The maximum atomic E-state index is 4.48. The van der Waals surface area contributed by atoms with Crippen LogP contribution in [0.1, 0.15) is 0 Å². The molecule has 2 aromatic heterocycles. The zero-order valence-corrected chi connectivity index (χ0v) is 12.9. The van der Waals surface area contributed by atoms with Crippen LogP contribution in [0.3, 0.4) is 0 Å². The zero-order valence-electron chi connectivity index (χ0n) is 12.1. The largest absolute Gasteiger partial charge is 0.369 e. The van der Waals surface area contributed by atoms with E-state index in [-0.39, 0.29) is 0 Å². The van der Waals surface area contributed by atoms with Crippen LogP contribution in [0.5, 0.6) is 0 Å². The molecule has 4 rings (SSSR count). The molecule has 0 radical (unpaired) electrons. The van der Waals surface area contributed by atoms with E-state index >= 15 is 0 Å². The molecule has 1 aliphatic rings. The number of thiophene rings is 1. The van der Waals surface area contributed by atoms with Gasteiger partial charge in [0.25, 0.3) is 0 Å². The van der Waals surface area contributed by atoms with Crippen molar-refractivity contribution in [2.24, 2.45) is 0 Å². The number of rotatable bonds is 2. The summed E-state index contributed by atoms with van der Waals surface area (Å²) in [6.07, 6.45) is 1.93. The minimum atomic E-state index is 1.10. The summed E-state index contributed by atoms with van der Waals surface area (Å²) in [6.45, 7) is 4.48. The van der Waals surface area contributed by atoms with E-state index in [0.717, 1.165) is 31.9 Å². The Bertz CT molecular complexity index is 735. The first-order chi connectivity index (χ1) is 10.3. The van der Waals surface area contributed by atoms with E-state index in [1.165, 1.54) is 15.9 Å². The van der Waals surface area contributed by atoms with E-state index in [1.807, 2.05) is 10.9 Å². The Kier molecular flexibility index (Phi) is 3.16. The van der Waals surface area contributed by atoms with Gasteiger partial charge in [0.1, 0.15) is 4.83 Å². The van der Waals surface area contributed by atoms with Crippen LogP contribution < -0.4 is 4.90 Å². The second-order valence-corrected chi connectivity index (χ2v) is 6.44. The molecule has 3 aromatic rings. The predicted octanol–water partition coefficient (Wildman–Crippen LogP) is 2.84. The molecule has 5 heteroatoms. The molecule has 0 aliphatic carbocycles. The average molecular weight is 298 g/mol. The minimum absolute atomic E-state index is 1.10.